The van der Waals surface area contributed by atoms with Crippen molar-refractivity contribution in [2.45, 2.75) is 38.5 Å². The van der Waals surface area contributed by atoms with Crippen LogP contribution in [0.1, 0.15) is 38.5 Å². The zero-order valence-electron chi connectivity index (χ0n) is 17.1. The predicted octanol–water partition coefficient (Wildman–Crippen LogP) is 2.80. The van der Waals surface area contributed by atoms with Crippen LogP contribution >= 0.6 is 15.3 Å². The number of phosphoric acid groups is 1. The molecule has 2 aromatic rings. The summed E-state index contributed by atoms with van der Waals surface area (Å²) in [5.41, 5.74) is 1.47. The van der Waals surface area contributed by atoms with E-state index < -0.39 is 15.3 Å². The zero-order valence-corrected chi connectivity index (χ0v) is 18.9. The molecule has 2 N–H and O–H groups in total. The monoisotopic (exact) mass is 456 g/mol. The number of nitrogens with zero attached hydrogens (tertiary/aromatic N) is 6. The van der Waals surface area contributed by atoms with Gasteiger partial charge >= 0.3 is 176 Å². The number of fused-ring (bicyclic) bond motifs is 1. The van der Waals surface area contributed by atoms with Crippen molar-refractivity contribution in [2.75, 3.05) is 39.3 Å². The molecule has 4 heterocycles. The minimum absolute atomic E-state index is 0.707. The van der Waals surface area contributed by atoms with Crippen molar-refractivity contribution in [1.29, 1.82) is 0 Å². The molecule has 12 heteroatoms. The van der Waals surface area contributed by atoms with E-state index in [0.29, 0.717) is 5.52 Å². The van der Waals surface area contributed by atoms with E-state index >= 15 is 0 Å². The first-order valence-corrected chi connectivity index (χ1v) is 14.3. The molecule has 0 bridgehead atoms. The van der Waals surface area contributed by atoms with Gasteiger partial charge in [0.1, 0.15) is 0 Å². The van der Waals surface area contributed by atoms with E-state index in [4.69, 9.17) is 4.31 Å². The molecule has 166 valence electrons. The fourth-order valence-corrected chi connectivity index (χ4v) is 14.0. The van der Waals surface area contributed by atoms with Crippen LogP contribution in [0.3, 0.4) is 0 Å². The van der Waals surface area contributed by atoms with Gasteiger partial charge in [0.25, 0.3) is 0 Å². The topological polar surface area (TPSA) is 107 Å². The van der Waals surface area contributed by atoms with E-state index in [0.717, 1.165) is 83.3 Å². The van der Waals surface area contributed by atoms with Gasteiger partial charge in [-0.25, -0.2) is 0 Å². The second kappa shape index (κ2) is 7.57. The molecule has 3 aliphatic rings. The van der Waals surface area contributed by atoms with E-state index in [1.54, 1.807) is 4.45 Å². The van der Waals surface area contributed by atoms with Crippen molar-refractivity contribution in [2.24, 2.45) is 0 Å². The standard InChI is InChI=1S/C18H30N6O4P2/c25-29(26,27)28-30(21-11-3-4-12-21,22-13-5-6-14-22,23-15-7-8-16-23)24-18-10-2-1-9-17(18)19-20-24/h1-2,9-10H,3-8,11-16H2,(H2,25,26,27). The van der Waals surface area contributed by atoms with Crippen molar-refractivity contribution in [3.05, 3.63) is 24.3 Å². The SMILES string of the molecule is O=P(O)(O)OP(N1CCCC1)(N1CCCC1)(N1CCCC1)n1nnc2ccccc21. The Balaban J connectivity index is 1.89. The van der Waals surface area contributed by atoms with Crippen LogP contribution in [-0.4, -0.2) is 77.8 Å². The first-order chi connectivity index (χ1) is 14.5. The Hall–Kier alpha value is -0.960. The van der Waals surface area contributed by atoms with Crippen LogP contribution in [-0.2, 0) is 8.88 Å². The van der Waals surface area contributed by atoms with Crippen molar-refractivity contribution in [3.8, 4) is 0 Å². The third-order valence-corrected chi connectivity index (χ3v) is 13.8. The van der Waals surface area contributed by atoms with E-state index in [-0.39, 0.29) is 0 Å². The van der Waals surface area contributed by atoms with Gasteiger partial charge < -0.3 is 0 Å². The van der Waals surface area contributed by atoms with E-state index in [1.807, 2.05) is 24.3 Å². The third kappa shape index (κ3) is 2.93. The molecule has 3 saturated heterocycles. The molecule has 1 aromatic carbocycles. The van der Waals surface area contributed by atoms with Crippen LogP contribution in [0.5, 0.6) is 0 Å². The molecule has 0 aliphatic carbocycles. The van der Waals surface area contributed by atoms with Crippen LogP contribution < -0.4 is 0 Å². The Kier molecular flexibility index (Phi) is 5.28. The fraction of sp³-hybridized carbons (Fsp3) is 0.667. The molecular weight excluding hydrogens is 426 g/mol. The molecule has 0 amide bonds. The number of hydrogen-bond donors (Lipinski definition) is 2. The van der Waals surface area contributed by atoms with Crippen LogP contribution in [0.25, 0.3) is 11.0 Å². The molecule has 0 atom stereocenters. The van der Waals surface area contributed by atoms with Crippen molar-refractivity contribution >= 4 is 26.3 Å². The summed E-state index contributed by atoms with van der Waals surface area (Å²) >= 11 is 0. The summed E-state index contributed by atoms with van der Waals surface area (Å²) in [7, 11) is -9.10. The molecule has 30 heavy (non-hydrogen) atoms. The van der Waals surface area contributed by atoms with E-state index in [1.165, 1.54) is 0 Å². The molecule has 1 aromatic heterocycles. The van der Waals surface area contributed by atoms with Gasteiger partial charge in [0.15, 0.2) is 0 Å². The van der Waals surface area contributed by atoms with Gasteiger partial charge in [-0.1, -0.05) is 0 Å². The molecule has 10 nitrogen and oxygen atoms in total. The number of para-hydroxylation sites is 1. The van der Waals surface area contributed by atoms with Crippen molar-refractivity contribution in [3.63, 3.8) is 0 Å². The molecule has 5 rings (SSSR count). The quantitative estimate of drug-likeness (QED) is 0.635. The van der Waals surface area contributed by atoms with Crippen LogP contribution in [0.15, 0.2) is 24.3 Å². The second-order valence-corrected chi connectivity index (χ2v) is 13.8. The first kappa shape index (κ1) is 20.9. The molecule has 0 radical (unpaired) electrons. The van der Waals surface area contributed by atoms with Gasteiger partial charge in [-0.05, 0) is 0 Å². The fourth-order valence-electron chi connectivity index (χ4n) is 5.54. The van der Waals surface area contributed by atoms with Crippen LogP contribution in [0.4, 0.5) is 0 Å². The normalized spacial score (nSPS) is 24.0. The average molecular weight is 456 g/mol. The Bertz CT molecular complexity index is 919. The third-order valence-electron chi connectivity index (χ3n) is 6.65. The number of benzene rings is 1. The van der Waals surface area contributed by atoms with E-state index in [9.17, 15) is 14.4 Å². The summed E-state index contributed by atoms with van der Waals surface area (Å²) in [6.45, 7) is 4.33. The molecule has 0 spiro atoms. The van der Waals surface area contributed by atoms with Gasteiger partial charge in [-0.15, -0.1) is 0 Å². The summed E-state index contributed by atoms with van der Waals surface area (Å²) in [4.78, 5) is 20.7. The van der Waals surface area contributed by atoms with Crippen molar-refractivity contribution in [1.82, 2.24) is 28.8 Å². The van der Waals surface area contributed by atoms with Gasteiger partial charge in [-0.2, -0.15) is 0 Å². The number of hydrogen-bond acceptors (Lipinski definition) is 7. The van der Waals surface area contributed by atoms with Crippen LogP contribution in [0, 0.1) is 0 Å². The van der Waals surface area contributed by atoms with Gasteiger partial charge in [0, 0.05) is 0 Å². The van der Waals surface area contributed by atoms with E-state index in [2.05, 4.69) is 24.3 Å². The zero-order chi connectivity index (χ0) is 20.8. The molecular formula is C18H30N6O4P2. The molecule has 0 unspecified atom stereocenters. The van der Waals surface area contributed by atoms with Gasteiger partial charge in [0.2, 0.25) is 0 Å². The summed E-state index contributed by atoms with van der Waals surface area (Å²) in [6.07, 6.45) is 5.81. The summed E-state index contributed by atoms with van der Waals surface area (Å²) in [6, 6.07) is 7.65. The molecule has 3 fully saturated rings. The number of aromatic nitrogens is 3. The first-order valence-electron chi connectivity index (χ1n) is 10.8. The Labute approximate surface area is 176 Å². The predicted molar refractivity (Wildman–Crippen MR) is 115 cm³/mol. The van der Waals surface area contributed by atoms with Gasteiger partial charge in [-0.3, -0.25) is 0 Å². The number of rotatable bonds is 6. The Morgan fingerprint density at radius 1 is 0.833 bits per heavy atom. The van der Waals surface area contributed by atoms with Crippen LogP contribution in [0.2, 0.25) is 0 Å². The van der Waals surface area contributed by atoms with Crippen molar-refractivity contribution < 1.29 is 18.7 Å². The second-order valence-electron chi connectivity index (χ2n) is 8.39. The van der Waals surface area contributed by atoms with Gasteiger partial charge in [0.05, 0.1) is 0 Å². The summed E-state index contributed by atoms with van der Waals surface area (Å²) in [5, 5.41) is 9.00. The maximum absolute atomic E-state index is 12.7. The Morgan fingerprint density at radius 3 is 1.77 bits per heavy atom. The average Bonchev–Trinajstić information content (AvgIpc) is 3.52. The summed E-state index contributed by atoms with van der Waals surface area (Å²) < 4.78 is 27.4. The molecule has 0 saturated carbocycles. The summed E-state index contributed by atoms with van der Waals surface area (Å²) in [5.74, 6) is 0. The molecule has 3 aliphatic heterocycles. The Morgan fingerprint density at radius 2 is 1.30 bits per heavy atom. The maximum atomic E-state index is 12.7. The minimum atomic E-state index is -4.88.